The molecule has 1 saturated carbocycles. The van der Waals surface area contributed by atoms with Gasteiger partial charge in [0.2, 0.25) is 0 Å². The molecule has 1 aliphatic rings. The topological polar surface area (TPSA) is 52.0 Å². The zero-order valence-corrected chi connectivity index (χ0v) is 44.3. The quantitative estimate of drug-likeness (QED) is 0.0350. The Morgan fingerprint density at radius 1 is 0.309 bits per heavy atom. The third-order valence-electron chi connectivity index (χ3n) is 16.4. The van der Waals surface area contributed by atoms with Gasteiger partial charge in [0.1, 0.15) is 0 Å². The highest BCUT2D eigenvalue weighted by Crippen LogP contribution is 2.41. The van der Waals surface area contributed by atoms with Gasteiger partial charge in [-0.05, 0) is 95.2 Å². The molecule has 2 heteroatoms. The molecule has 2 nitrogen and oxygen atoms in total. The molecule has 3 atom stereocenters. The maximum atomic E-state index is 6.23. The average Bonchev–Trinajstić information content (AvgIpc) is 3.37. The van der Waals surface area contributed by atoms with Gasteiger partial charge in [0.15, 0.2) is 0 Å². The van der Waals surface area contributed by atoms with Crippen LogP contribution in [-0.4, -0.2) is 0 Å². The van der Waals surface area contributed by atoms with Crippen molar-refractivity contribution in [3.63, 3.8) is 0 Å². The fourth-order valence-corrected chi connectivity index (χ4v) is 12.1. The van der Waals surface area contributed by atoms with Crippen LogP contribution < -0.4 is 11.5 Å². The lowest BCUT2D eigenvalue weighted by Gasteiger charge is -2.32. The van der Waals surface area contributed by atoms with Crippen LogP contribution in [0.1, 0.15) is 290 Å². The number of anilines is 2. The Hall–Kier alpha value is -3.52. The highest BCUT2D eigenvalue weighted by Gasteiger charge is 2.26. The van der Waals surface area contributed by atoms with Crippen LogP contribution in [0.3, 0.4) is 0 Å². The monoisotopic (exact) mass is 923 g/mol. The lowest BCUT2D eigenvalue weighted by atomic mass is 9.73. The Balaban J connectivity index is 1.36. The number of rotatable bonds is 37. The number of hydrogen-bond acceptors (Lipinski definition) is 2. The van der Waals surface area contributed by atoms with Gasteiger partial charge in [0.05, 0.1) is 0 Å². The molecule has 0 spiro atoms. The Morgan fingerprint density at radius 3 is 0.897 bits per heavy atom. The summed E-state index contributed by atoms with van der Waals surface area (Å²) < 4.78 is 0. The van der Waals surface area contributed by atoms with Crippen LogP contribution in [0.25, 0.3) is 0 Å². The van der Waals surface area contributed by atoms with Crippen molar-refractivity contribution in [2.75, 3.05) is 11.5 Å². The van der Waals surface area contributed by atoms with E-state index in [9.17, 15) is 0 Å². The normalized spacial score (nSPS) is 15.0. The Morgan fingerprint density at radius 2 is 0.574 bits per heavy atom. The first-order valence-electron chi connectivity index (χ1n) is 29.4. The second-order valence-corrected chi connectivity index (χ2v) is 21.9. The first-order valence-corrected chi connectivity index (χ1v) is 29.4. The number of benzene rings is 4. The van der Waals surface area contributed by atoms with Crippen LogP contribution in [0.5, 0.6) is 0 Å². The van der Waals surface area contributed by atoms with Crippen molar-refractivity contribution in [3.05, 3.63) is 130 Å². The molecule has 4 aromatic carbocycles. The zero-order valence-electron chi connectivity index (χ0n) is 44.3. The van der Waals surface area contributed by atoms with E-state index in [1.807, 2.05) is 0 Å². The molecule has 0 aromatic heterocycles. The fourth-order valence-electron chi connectivity index (χ4n) is 12.1. The van der Waals surface area contributed by atoms with Gasteiger partial charge in [-0.2, -0.15) is 0 Å². The van der Waals surface area contributed by atoms with Gasteiger partial charge in [-0.1, -0.05) is 286 Å². The van der Waals surface area contributed by atoms with Crippen molar-refractivity contribution in [2.45, 2.75) is 257 Å². The summed E-state index contributed by atoms with van der Waals surface area (Å²) in [5.74, 6) is 2.95. The number of unbranched alkanes of at least 4 members (excludes halogenated alkanes) is 21. The summed E-state index contributed by atoms with van der Waals surface area (Å²) in [5, 5.41) is 0. The molecule has 0 radical (unpaired) electrons. The summed E-state index contributed by atoms with van der Waals surface area (Å²) >= 11 is 0. The third-order valence-corrected chi connectivity index (χ3v) is 16.4. The van der Waals surface area contributed by atoms with Crippen molar-refractivity contribution < 1.29 is 0 Å². The minimum absolute atomic E-state index is 0.397. The summed E-state index contributed by atoms with van der Waals surface area (Å²) in [4.78, 5) is 0. The van der Waals surface area contributed by atoms with E-state index >= 15 is 0 Å². The standard InChI is InChI=1S/C66H102N2/c1-4-7-10-13-16-18-20-23-29-34-64(60-44-49-62(67)50-45-60)56-36-40-58(41-37-56)66(53-48-55(54-31-27-25-28-32-54)33-26-22-15-12-9-6-3)59-42-38-57(39-43-59)65(61-46-51-63(68)52-47-61)35-30-24-21-19-17-14-11-8-5-2/h36-47,49-52,54-55,64-66H,4-35,48,53,67-68H2,1-3H3. The molecule has 68 heavy (non-hydrogen) atoms. The highest BCUT2D eigenvalue weighted by atomic mass is 14.5. The third kappa shape index (κ3) is 20.4. The van der Waals surface area contributed by atoms with Crippen molar-refractivity contribution in [3.8, 4) is 0 Å². The predicted molar refractivity (Wildman–Crippen MR) is 301 cm³/mol. The van der Waals surface area contributed by atoms with E-state index in [0.717, 1.165) is 23.2 Å². The summed E-state index contributed by atoms with van der Waals surface area (Å²) in [6, 6.07) is 37.7. The minimum Gasteiger partial charge on any atom is -0.399 e. The van der Waals surface area contributed by atoms with Crippen LogP contribution in [0.2, 0.25) is 0 Å². The SMILES string of the molecule is CCCCCCCCCCCC(c1ccc(N)cc1)c1ccc(C(CCC(CCCCCCCC)C2CCCCC2)c2ccc(C(CCCCCCCCCCC)c3ccc(N)cc3)cc2)cc1. The summed E-state index contributed by atoms with van der Waals surface area (Å²) in [7, 11) is 0. The molecule has 0 saturated heterocycles. The molecule has 0 amide bonds. The van der Waals surface area contributed by atoms with E-state index in [0.29, 0.717) is 17.8 Å². The van der Waals surface area contributed by atoms with E-state index in [1.54, 1.807) is 0 Å². The minimum atomic E-state index is 0.397. The second-order valence-electron chi connectivity index (χ2n) is 21.9. The van der Waals surface area contributed by atoms with Crippen LogP contribution in [0.15, 0.2) is 97.1 Å². The molecule has 4 aromatic rings. The Bertz CT molecular complexity index is 1690. The molecule has 1 fully saturated rings. The lowest BCUT2D eigenvalue weighted by molar-refractivity contribution is 0.214. The molecule has 1 aliphatic carbocycles. The van der Waals surface area contributed by atoms with Crippen LogP contribution in [-0.2, 0) is 0 Å². The molecular weight excluding hydrogens is 821 g/mol. The smallest absolute Gasteiger partial charge is 0.0314 e. The summed E-state index contributed by atoms with van der Waals surface area (Å²) in [5.41, 5.74) is 22.9. The van der Waals surface area contributed by atoms with E-state index in [4.69, 9.17) is 11.5 Å². The van der Waals surface area contributed by atoms with E-state index in [1.165, 1.54) is 252 Å². The van der Waals surface area contributed by atoms with Gasteiger partial charge in [-0.15, -0.1) is 0 Å². The van der Waals surface area contributed by atoms with Gasteiger partial charge < -0.3 is 11.5 Å². The summed E-state index contributed by atoms with van der Waals surface area (Å²) in [6.45, 7) is 6.96. The van der Waals surface area contributed by atoms with Crippen LogP contribution >= 0.6 is 0 Å². The molecule has 0 bridgehead atoms. The molecule has 5 rings (SSSR count). The molecule has 376 valence electrons. The molecule has 0 heterocycles. The van der Waals surface area contributed by atoms with E-state index in [-0.39, 0.29) is 0 Å². The first-order chi connectivity index (χ1) is 33.5. The van der Waals surface area contributed by atoms with Crippen molar-refractivity contribution in [2.24, 2.45) is 11.8 Å². The number of nitrogen functional groups attached to an aromatic ring is 2. The Labute approximate surface area is 420 Å². The zero-order chi connectivity index (χ0) is 47.9. The number of hydrogen-bond donors (Lipinski definition) is 2. The largest absolute Gasteiger partial charge is 0.399 e. The first kappa shape index (κ1) is 55.4. The number of nitrogens with two attached hydrogens (primary N) is 2. The van der Waals surface area contributed by atoms with Gasteiger partial charge in [0, 0.05) is 29.1 Å². The fraction of sp³-hybridized carbons (Fsp3) is 0.636. The van der Waals surface area contributed by atoms with Gasteiger partial charge >= 0.3 is 0 Å². The van der Waals surface area contributed by atoms with Gasteiger partial charge in [-0.25, -0.2) is 0 Å². The van der Waals surface area contributed by atoms with Gasteiger partial charge in [0.25, 0.3) is 0 Å². The average molecular weight is 924 g/mol. The molecule has 0 aliphatic heterocycles. The van der Waals surface area contributed by atoms with Crippen LogP contribution in [0, 0.1) is 11.8 Å². The Kier molecular flexibility index (Phi) is 27.6. The van der Waals surface area contributed by atoms with Crippen molar-refractivity contribution in [1.29, 1.82) is 0 Å². The lowest BCUT2D eigenvalue weighted by Crippen LogP contribution is -2.19. The maximum absolute atomic E-state index is 6.23. The van der Waals surface area contributed by atoms with E-state index in [2.05, 4.69) is 118 Å². The molecule has 3 unspecified atom stereocenters. The van der Waals surface area contributed by atoms with Crippen LogP contribution in [0.4, 0.5) is 11.4 Å². The van der Waals surface area contributed by atoms with Gasteiger partial charge in [-0.3, -0.25) is 0 Å². The highest BCUT2D eigenvalue weighted by molar-refractivity contribution is 5.46. The summed E-state index contributed by atoms with van der Waals surface area (Å²) in [6.07, 6.45) is 46.5. The molecular formula is C66H102N2. The second kappa shape index (κ2) is 33.9. The van der Waals surface area contributed by atoms with Crippen molar-refractivity contribution in [1.82, 2.24) is 0 Å². The predicted octanol–water partition coefficient (Wildman–Crippen LogP) is 20.8. The maximum Gasteiger partial charge on any atom is 0.0314 e. The molecule has 4 N–H and O–H groups in total. The van der Waals surface area contributed by atoms with E-state index < -0.39 is 0 Å². The van der Waals surface area contributed by atoms with Crippen molar-refractivity contribution >= 4 is 11.4 Å².